The summed E-state index contributed by atoms with van der Waals surface area (Å²) in [7, 11) is 0. The summed E-state index contributed by atoms with van der Waals surface area (Å²) in [6.45, 7) is 0. The molecule has 1 atom stereocenters. The Labute approximate surface area is 27.6 Å². The molecule has 0 saturated heterocycles. The van der Waals surface area contributed by atoms with Crippen molar-refractivity contribution >= 4 is 9.90 Å². The second kappa shape index (κ2) is 184. The van der Waals surface area contributed by atoms with E-state index in [-0.39, 0.29) is 26.3 Å². The SMILES string of the molecule is O.O.O.P. The van der Waals surface area contributed by atoms with Gasteiger partial charge in [0.2, 0.25) is 0 Å². The molecule has 0 saturated carbocycles. The van der Waals surface area contributed by atoms with Crippen LogP contribution in [-0.4, -0.2) is 16.4 Å². The lowest BCUT2D eigenvalue weighted by atomic mass is 16.0. The van der Waals surface area contributed by atoms with Crippen LogP contribution in [-0.2, 0) is 0 Å². The highest BCUT2D eigenvalue weighted by molar-refractivity contribution is 6.92. The van der Waals surface area contributed by atoms with E-state index >= 15 is 0 Å². The van der Waals surface area contributed by atoms with Gasteiger partial charge in [-0.1, -0.05) is 0 Å². The molecule has 32 valence electrons. The third-order valence-electron chi connectivity index (χ3n) is 0. The molecule has 0 heterocycles. The third kappa shape index (κ3) is 41.3. The largest absolute Gasteiger partial charge is 0.412 e. The van der Waals surface area contributed by atoms with E-state index < -0.39 is 0 Å². The topological polar surface area (TPSA) is 94.5 Å². The average molecular weight is 88.0 g/mol. The lowest BCUT2D eigenvalue weighted by Crippen LogP contribution is -0.290. The summed E-state index contributed by atoms with van der Waals surface area (Å²) in [5.41, 5.74) is 0. The minimum absolute atomic E-state index is 0. The van der Waals surface area contributed by atoms with Gasteiger partial charge in [0.1, 0.15) is 0 Å². The van der Waals surface area contributed by atoms with E-state index in [0.29, 0.717) is 0 Å². The van der Waals surface area contributed by atoms with E-state index in [0.717, 1.165) is 0 Å². The molecule has 0 aromatic heterocycles. The summed E-state index contributed by atoms with van der Waals surface area (Å²) in [5, 5.41) is 0. The zero-order chi connectivity index (χ0) is 0. The van der Waals surface area contributed by atoms with Gasteiger partial charge in [-0.05, 0) is 0 Å². The van der Waals surface area contributed by atoms with Crippen LogP contribution in [0.15, 0.2) is 0 Å². The molecule has 0 amide bonds. The van der Waals surface area contributed by atoms with E-state index in [1.807, 2.05) is 0 Å². The van der Waals surface area contributed by atoms with Gasteiger partial charge in [-0.15, -0.1) is 0 Å². The monoisotopic (exact) mass is 88.0 g/mol. The minimum Gasteiger partial charge on any atom is -0.412 e. The Morgan fingerprint density at radius 3 is 0.500 bits per heavy atom. The molecule has 0 aliphatic rings. The maximum Gasteiger partial charge on any atom is -0.153 e. The van der Waals surface area contributed by atoms with Crippen LogP contribution in [0.4, 0.5) is 0 Å². The van der Waals surface area contributed by atoms with Gasteiger partial charge in [-0.2, -0.15) is 9.90 Å². The molecule has 3 nitrogen and oxygen atoms in total. The van der Waals surface area contributed by atoms with Crippen LogP contribution in [0.25, 0.3) is 0 Å². The number of hydrogen-bond donors (Lipinski definition) is 0. The molecule has 0 aromatic rings. The average Bonchev–Trinajstić information content (AvgIpc) is 0. The van der Waals surface area contributed by atoms with Gasteiger partial charge >= 0.3 is 0 Å². The van der Waals surface area contributed by atoms with Crippen molar-refractivity contribution in [3.05, 3.63) is 0 Å². The summed E-state index contributed by atoms with van der Waals surface area (Å²) >= 11 is 0. The first kappa shape index (κ1) is 491. The maximum absolute atomic E-state index is 0. The lowest BCUT2D eigenvalue weighted by molar-refractivity contribution is 0.823. The van der Waals surface area contributed by atoms with E-state index in [4.69, 9.17) is 0 Å². The van der Waals surface area contributed by atoms with Crippen LogP contribution in [0.5, 0.6) is 0 Å². The second-order valence-corrected chi connectivity index (χ2v) is 0. The van der Waals surface area contributed by atoms with Gasteiger partial charge in [-0.25, -0.2) is 0 Å². The predicted molar refractivity (Wildman–Crippen MR) is 21.9 cm³/mol. The molecule has 0 aliphatic carbocycles. The van der Waals surface area contributed by atoms with Crippen LogP contribution in [0.2, 0.25) is 0 Å². The van der Waals surface area contributed by atoms with Gasteiger partial charge < -0.3 is 16.4 Å². The Morgan fingerprint density at radius 2 is 0.500 bits per heavy atom. The molecule has 0 bridgehead atoms. The first-order chi connectivity index (χ1) is 0. The van der Waals surface area contributed by atoms with Crippen molar-refractivity contribution in [3.8, 4) is 0 Å². The van der Waals surface area contributed by atoms with Gasteiger partial charge in [0.05, 0.1) is 0 Å². The molecule has 0 radical (unpaired) electrons. The summed E-state index contributed by atoms with van der Waals surface area (Å²) in [6, 6.07) is 0. The first-order valence-electron chi connectivity index (χ1n) is 0. The molecule has 0 aliphatic heterocycles. The molecular formula is H9O3P. The standard InChI is InChI=1S/3H2O.H3P/h3*1H2;1H3. The number of rotatable bonds is 0. The Balaban J connectivity index is 0. The van der Waals surface area contributed by atoms with Crippen molar-refractivity contribution in [2.45, 2.75) is 0 Å². The van der Waals surface area contributed by atoms with E-state index in [9.17, 15) is 0 Å². The van der Waals surface area contributed by atoms with Crippen LogP contribution < -0.4 is 0 Å². The fourth-order valence-electron chi connectivity index (χ4n) is 0. The molecule has 0 spiro atoms. The lowest BCUT2D eigenvalue weighted by Gasteiger charge is -0.413. The molecule has 0 fully saturated rings. The minimum atomic E-state index is 0. The highest BCUT2D eigenvalue weighted by Crippen LogP contribution is 0.861. The van der Waals surface area contributed by atoms with Gasteiger partial charge in [0.25, 0.3) is 0 Å². The fourth-order valence-corrected chi connectivity index (χ4v) is 0. The second-order valence-electron chi connectivity index (χ2n) is 0. The smallest absolute Gasteiger partial charge is 0.153 e. The van der Waals surface area contributed by atoms with Crippen LogP contribution in [0.1, 0.15) is 0 Å². The van der Waals surface area contributed by atoms with Gasteiger partial charge in [0.15, 0.2) is 0 Å². The van der Waals surface area contributed by atoms with Crippen molar-refractivity contribution in [2.24, 2.45) is 0 Å². The van der Waals surface area contributed by atoms with Crippen molar-refractivity contribution in [2.75, 3.05) is 0 Å². The highest BCUT2D eigenvalue weighted by Gasteiger charge is -0.153. The molecule has 0 aromatic carbocycles. The molecule has 6 N–H and O–H groups in total. The zero-order valence-corrected chi connectivity index (χ0v) is 3.62. The predicted octanol–water partition coefficient (Wildman–Crippen LogP) is -2.42. The maximum atomic E-state index is 0. The molecule has 0 rings (SSSR count). The molecule has 4 heavy (non-hydrogen) atoms. The zero-order valence-electron chi connectivity index (χ0n) is 2.21. The Morgan fingerprint density at radius 1 is 0.500 bits per heavy atom. The summed E-state index contributed by atoms with van der Waals surface area (Å²) < 4.78 is 0. The van der Waals surface area contributed by atoms with Gasteiger partial charge in [-0.3, -0.25) is 0 Å². The van der Waals surface area contributed by atoms with Crippen molar-refractivity contribution < 1.29 is 16.4 Å². The van der Waals surface area contributed by atoms with Crippen LogP contribution >= 0.6 is 9.90 Å². The third-order valence-corrected chi connectivity index (χ3v) is 0. The van der Waals surface area contributed by atoms with Gasteiger partial charge in [0, 0.05) is 0 Å². The fraction of sp³-hybridized carbons (Fsp3) is 0. The van der Waals surface area contributed by atoms with Crippen molar-refractivity contribution in [3.63, 3.8) is 0 Å². The first-order valence-corrected chi connectivity index (χ1v) is 0. The Bertz CT molecular complexity index is 3.25. The normalized spacial score (nSPS) is 0. The van der Waals surface area contributed by atoms with E-state index in [2.05, 4.69) is 0 Å². The van der Waals surface area contributed by atoms with Crippen molar-refractivity contribution in [1.29, 1.82) is 0 Å². The Hall–Kier alpha value is 0.310. The van der Waals surface area contributed by atoms with E-state index in [1.54, 1.807) is 0 Å². The highest BCUT2D eigenvalue weighted by atomic mass is 31.0. The Kier molecular flexibility index (Phi) is 22600. The molecule has 4 heteroatoms. The van der Waals surface area contributed by atoms with Crippen molar-refractivity contribution in [1.82, 2.24) is 0 Å². The summed E-state index contributed by atoms with van der Waals surface area (Å²) in [5.74, 6) is 0. The van der Waals surface area contributed by atoms with Crippen LogP contribution in [0, 0.1) is 0 Å². The van der Waals surface area contributed by atoms with E-state index in [1.165, 1.54) is 0 Å². The summed E-state index contributed by atoms with van der Waals surface area (Å²) in [6.07, 6.45) is 0. The number of hydrogen-bond acceptors (Lipinski definition) is 0. The quantitative estimate of drug-likeness (QED) is 0.295. The molecule has 1 unspecified atom stereocenters. The summed E-state index contributed by atoms with van der Waals surface area (Å²) in [4.78, 5) is 0. The van der Waals surface area contributed by atoms with Crippen LogP contribution in [0.3, 0.4) is 0 Å². The molecular weight excluding hydrogens is 79.0 g/mol.